The first-order valence-corrected chi connectivity index (χ1v) is 9.95. The standard InChI is InChI=1S/C22H20N6O4/c1-32-22(31)14-6-7-28(12-14)18-5-4-16-17(27-18)11-25-19(20(16)29)21(30)26-10-13-2-3-15(8-23)24-9-13/h2-5,9,11,14,29H,6-7,10,12H2,1H3,(H,26,30)/t14-/m0/s1. The van der Waals surface area contributed by atoms with E-state index in [0.29, 0.717) is 41.8 Å². The van der Waals surface area contributed by atoms with Crippen LogP contribution in [0, 0.1) is 17.2 Å². The van der Waals surface area contributed by atoms with Crippen molar-refractivity contribution in [3.8, 4) is 11.8 Å². The first-order chi connectivity index (χ1) is 15.5. The summed E-state index contributed by atoms with van der Waals surface area (Å²) in [7, 11) is 1.38. The lowest BCUT2D eigenvalue weighted by molar-refractivity contribution is -0.144. The molecule has 1 saturated heterocycles. The Kier molecular flexibility index (Phi) is 5.81. The Morgan fingerprint density at radius 3 is 2.84 bits per heavy atom. The predicted octanol–water partition coefficient (Wildman–Crippen LogP) is 1.53. The molecule has 0 spiro atoms. The van der Waals surface area contributed by atoms with E-state index in [0.717, 1.165) is 0 Å². The van der Waals surface area contributed by atoms with Crippen LogP contribution in [-0.4, -0.2) is 52.1 Å². The maximum absolute atomic E-state index is 12.5. The van der Waals surface area contributed by atoms with E-state index in [1.807, 2.05) is 11.0 Å². The minimum Gasteiger partial charge on any atom is -0.505 e. The largest absolute Gasteiger partial charge is 0.505 e. The molecule has 4 heterocycles. The lowest BCUT2D eigenvalue weighted by Crippen LogP contribution is -2.24. The fourth-order valence-corrected chi connectivity index (χ4v) is 3.61. The van der Waals surface area contributed by atoms with E-state index in [4.69, 9.17) is 10.00 Å². The summed E-state index contributed by atoms with van der Waals surface area (Å²) in [5.41, 5.74) is 1.32. The number of fused-ring (bicyclic) bond motifs is 1. The van der Waals surface area contributed by atoms with Gasteiger partial charge < -0.3 is 20.1 Å². The number of aromatic nitrogens is 3. The van der Waals surface area contributed by atoms with Crippen LogP contribution in [0.3, 0.4) is 0 Å². The third-order valence-corrected chi connectivity index (χ3v) is 5.36. The Bertz CT molecular complexity index is 1220. The summed E-state index contributed by atoms with van der Waals surface area (Å²) in [6, 6.07) is 8.60. The summed E-state index contributed by atoms with van der Waals surface area (Å²) >= 11 is 0. The molecule has 1 amide bonds. The van der Waals surface area contributed by atoms with E-state index in [1.165, 1.54) is 19.5 Å². The number of anilines is 1. The lowest BCUT2D eigenvalue weighted by atomic mass is 10.1. The number of nitriles is 1. The van der Waals surface area contributed by atoms with Gasteiger partial charge in [0, 0.05) is 31.2 Å². The van der Waals surface area contributed by atoms with Gasteiger partial charge in [0.15, 0.2) is 11.4 Å². The fraction of sp³-hybridized carbons (Fsp3) is 0.273. The zero-order chi connectivity index (χ0) is 22.7. The second-order valence-corrected chi connectivity index (χ2v) is 7.36. The van der Waals surface area contributed by atoms with Gasteiger partial charge in [-0.3, -0.25) is 9.59 Å². The van der Waals surface area contributed by atoms with Gasteiger partial charge in [-0.05, 0) is 30.2 Å². The number of hydrogen-bond donors (Lipinski definition) is 2. The number of rotatable bonds is 5. The Hall–Kier alpha value is -4.26. The number of carbonyl (C=O) groups excluding carboxylic acids is 2. The first kappa shape index (κ1) is 21.0. The van der Waals surface area contributed by atoms with Crippen LogP contribution in [-0.2, 0) is 16.1 Å². The predicted molar refractivity (Wildman–Crippen MR) is 114 cm³/mol. The molecule has 0 bridgehead atoms. The van der Waals surface area contributed by atoms with E-state index in [1.54, 1.807) is 24.3 Å². The molecule has 3 aromatic rings. The minimum atomic E-state index is -0.543. The van der Waals surface area contributed by atoms with E-state index >= 15 is 0 Å². The number of pyridine rings is 3. The van der Waals surface area contributed by atoms with E-state index < -0.39 is 5.91 Å². The topological polar surface area (TPSA) is 141 Å². The van der Waals surface area contributed by atoms with Crippen molar-refractivity contribution in [2.75, 3.05) is 25.1 Å². The highest BCUT2D eigenvalue weighted by atomic mass is 16.5. The van der Waals surface area contributed by atoms with Gasteiger partial charge in [0.25, 0.3) is 5.91 Å². The number of nitrogens with zero attached hydrogens (tertiary/aromatic N) is 5. The van der Waals surface area contributed by atoms with Crippen LogP contribution in [0.2, 0.25) is 0 Å². The van der Waals surface area contributed by atoms with Gasteiger partial charge in [-0.25, -0.2) is 15.0 Å². The van der Waals surface area contributed by atoms with Crippen LogP contribution in [0.15, 0.2) is 36.7 Å². The molecule has 1 atom stereocenters. The van der Waals surface area contributed by atoms with Gasteiger partial charge in [-0.1, -0.05) is 6.07 Å². The molecule has 3 aromatic heterocycles. The number of hydrogen-bond acceptors (Lipinski definition) is 9. The van der Waals surface area contributed by atoms with Crippen LogP contribution in [0.4, 0.5) is 5.82 Å². The molecule has 0 saturated carbocycles. The molecule has 1 fully saturated rings. The molecule has 0 radical (unpaired) electrons. The normalized spacial score (nSPS) is 15.4. The number of methoxy groups -OCH3 is 1. The highest BCUT2D eigenvalue weighted by Gasteiger charge is 2.30. The fourth-order valence-electron chi connectivity index (χ4n) is 3.61. The van der Waals surface area contributed by atoms with Gasteiger partial charge in [0.05, 0.1) is 24.7 Å². The molecular weight excluding hydrogens is 412 g/mol. The van der Waals surface area contributed by atoms with E-state index in [2.05, 4.69) is 20.3 Å². The summed E-state index contributed by atoms with van der Waals surface area (Å²) in [6.45, 7) is 1.35. The number of nitrogens with one attached hydrogen (secondary N) is 1. The number of amides is 1. The van der Waals surface area contributed by atoms with Crippen LogP contribution >= 0.6 is 0 Å². The molecule has 2 N–H and O–H groups in total. The van der Waals surface area contributed by atoms with Crippen molar-refractivity contribution >= 4 is 28.6 Å². The molecule has 10 nitrogen and oxygen atoms in total. The van der Waals surface area contributed by atoms with Crippen LogP contribution in [0.5, 0.6) is 5.75 Å². The Labute approximate surface area is 183 Å². The molecule has 1 aliphatic heterocycles. The molecule has 0 unspecified atom stereocenters. The third kappa shape index (κ3) is 4.13. The second kappa shape index (κ2) is 8.85. The summed E-state index contributed by atoms with van der Waals surface area (Å²) in [5, 5.41) is 22.5. The van der Waals surface area contributed by atoms with Crippen LogP contribution in [0.1, 0.15) is 28.2 Å². The highest BCUT2D eigenvalue weighted by molar-refractivity contribution is 6.00. The van der Waals surface area contributed by atoms with Crippen molar-refractivity contribution in [2.45, 2.75) is 13.0 Å². The monoisotopic (exact) mass is 432 g/mol. The van der Waals surface area contributed by atoms with Crippen molar-refractivity contribution in [1.29, 1.82) is 5.26 Å². The van der Waals surface area contributed by atoms with Gasteiger partial charge in [-0.2, -0.15) is 5.26 Å². The third-order valence-electron chi connectivity index (χ3n) is 5.36. The zero-order valence-corrected chi connectivity index (χ0v) is 17.3. The number of esters is 1. The quantitative estimate of drug-likeness (QED) is 0.574. The minimum absolute atomic E-state index is 0.111. The van der Waals surface area contributed by atoms with Crippen LogP contribution in [0.25, 0.3) is 10.9 Å². The van der Waals surface area contributed by atoms with Crippen molar-refractivity contribution in [2.24, 2.45) is 5.92 Å². The average molecular weight is 432 g/mol. The van der Waals surface area contributed by atoms with Crippen molar-refractivity contribution in [3.05, 3.63) is 53.6 Å². The Balaban J connectivity index is 1.49. The molecule has 4 rings (SSSR count). The van der Waals surface area contributed by atoms with Gasteiger partial charge in [0.2, 0.25) is 0 Å². The molecule has 162 valence electrons. The van der Waals surface area contributed by atoms with E-state index in [9.17, 15) is 14.7 Å². The number of ether oxygens (including phenoxy) is 1. The summed E-state index contributed by atoms with van der Waals surface area (Å²) in [6.07, 6.45) is 3.62. The first-order valence-electron chi connectivity index (χ1n) is 9.95. The van der Waals surface area contributed by atoms with E-state index in [-0.39, 0.29) is 35.6 Å². The van der Waals surface area contributed by atoms with Gasteiger partial charge >= 0.3 is 5.97 Å². The summed E-state index contributed by atoms with van der Waals surface area (Å²) in [5.74, 6) is -0.568. The maximum atomic E-state index is 12.5. The molecule has 0 aliphatic carbocycles. The summed E-state index contributed by atoms with van der Waals surface area (Å²) < 4.78 is 4.82. The highest BCUT2D eigenvalue weighted by Crippen LogP contribution is 2.30. The smallest absolute Gasteiger partial charge is 0.310 e. The Morgan fingerprint density at radius 1 is 1.28 bits per heavy atom. The molecule has 1 aliphatic rings. The van der Waals surface area contributed by atoms with Crippen molar-refractivity contribution in [3.63, 3.8) is 0 Å². The van der Waals surface area contributed by atoms with Crippen molar-refractivity contribution in [1.82, 2.24) is 20.3 Å². The second-order valence-electron chi connectivity index (χ2n) is 7.36. The molecule has 32 heavy (non-hydrogen) atoms. The molecule has 0 aromatic carbocycles. The number of aromatic hydroxyl groups is 1. The molecule has 10 heteroatoms. The Morgan fingerprint density at radius 2 is 2.12 bits per heavy atom. The van der Waals surface area contributed by atoms with Crippen LogP contribution < -0.4 is 10.2 Å². The average Bonchev–Trinajstić information content (AvgIpc) is 3.33. The molecular formula is C22H20N6O4. The van der Waals surface area contributed by atoms with Gasteiger partial charge in [0.1, 0.15) is 17.6 Å². The van der Waals surface area contributed by atoms with Gasteiger partial charge in [-0.15, -0.1) is 0 Å². The zero-order valence-electron chi connectivity index (χ0n) is 17.3. The van der Waals surface area contributed by atoms with Crippen molar-refractivity contribution < 1.29 is 19.4 Å². The SMILES string of the molecule is COC(=O)[C@H]1CCN(c2ccc3c(O)c(C(=O)NCc4ccc(C#N)nc4)ncc3n2)C1. The lowest BCUT2D eigenvalue weighted by Gasteiger charge is -2.17. The maximum Gasteiger partial charge on any atom is 0.310 e. The number of carbonyl (C=O) groups is 2. The summed E-state index contributed by atoms with van der Waals surface area (Å²) in [4.78, 5) is 38.8.